The first-order valence-electron chi connectivity index (χ1n) is 15.8. The second kappa shape index (κ2) is 12.4. The molecule has 0 radical (unpaired) electrons. The van der Waals surface area contributed by atoms with Gasteiger partial charge in [0.1, 0.15) is 23.9 Å². The molecular weight excluding hydrogens is 620 g/mol. The fourth-order valence-electron chi connectivity index (χ4n) is 6.13. The summed E-state index contributed by atoms with van der Waals surface area (Å²) in [6.07, 6.45) is 2.28. The molecule has 1 aromatic carbocycles. The van der Waals surface area contributed by atoms with Gasteiger partial charge in [-0.15, -0.1) is 0 Å². The van der Waals surface area contributed by atoms with E-state index >= 15 is 8.78 Å². The summed E-state index contributed by atoms with van der Waals surface area (Å²) in [6, 6.07) is 3.44. The summed E-state index contributed by atoms with van der Waals surface area (Å²) in [5.41, 5.74) is -1.77. The smallest absolute Gasteiger partial charge is 0.329 e. The van der Waals surface area contributed by atoms with E-state index in [2.05, 4.69) is 9.97 Å². The molecule has 2 aromatic rings. The van der Waals surface area contributed by atoms with Crippen LogP contribution in [-0.4, -0.2) is 63.1 Å². The van der Waals surface area contributed by atoms with E-state index in [4.69, 9.17) is 25.8 Å². The molecule has 2 fully saturated rings. The third-order valence-electron chi connectivity index (χ3n) is 8.79. The van der Waals surface area contributed by atoms with Gasteiger partial charge in [0.25, 0.3) is 0 Å². The Morgan fingerprint density at radius 3 is 2.46 bits per heavy atom. The van der Waals surface area contributed by atoms with E-state index in [-0.39, 0.29) is 36.0 Å². The summed E-state index contributed by atoms with van der Waals surface area (Å²) in [6.45, 7) is 12.3. The zero-order valence-corrected chi connectivity index (χ0v) is 28.1. The van der Waals surface area contributed by atoms with Gasteiger partial charge in [-0.05, 0) is 75.6 Å². The molecule has 0 unspecified atom stereocenters. The van der Waals surface area contributed by atoms with Crippen molar-refractivity contribution in [2.45, 2.75) is 104 Å². The Morgan fingerprint density at radius 2 is 1.78 bits per heavy atom. The number of ether oxygens (including phenoxy) is 3. The van der Waals surface area contributed by atoms with Crippen molar-refractivity contribution in [3.05, 3.63) is 41.1 Å². The van der Waals surface area contributed by atoms with Gasteiger partial charge in [0.15, 0.2) is 5.69 Å². The number of rotatable bonds is 1. The SMILES string of the molecule is C[C@@H]1[C@@H]2CN(C(=O)[C@H](C(C)(C)C)CC(=O)O[C@@H]3C[C@H]3CC/C=C/C(F)(F)c3nc4ccc(Cl)cc4nc3O2)[C@@H]1C(=O)OC(C)(C)C. The molecule has 250 valence electrons. The van der Waals surface area contributed by atoms with E-state index in [1.807, 2.05) is 20.8 Å². The molecule has 1 saturated carbocycles. The minimum atomic E-state index is -3.56. The molecule has 0 spiro atoms. The van der Waals surface area contributed by atoms with Crippen molar-refractivity contribution in [2.24, 2.45) is 23.2 Å². The second-order valence-corrected chi connectivity index (χ2v) is 15.2. The lowest BCUT2D eigenvalue weighted by Gasteiger charge is -2.35. The molecule has 3 heterocycles. The molecule has 2 bridgehead atoms. The van der Waals surface area contributed by atoms with Crippen molar-refractivity contribution in [1.82, 2.24) is 14.9 Å². The number of aromatic nitrogens is 2. The van der Waals surface area contributed by atoms with Gasteiger partial charge in [-0.3, -0.25) is 9.59 Å². The highest BCUT2D eigenvalue weighted by Crippen LogP contribution is 2.42. The molecule has 5 rings (SSSR count). The van der Waals surface area contributed by atoms with Crippen molar-refractivity contribution in [3.8, 4) is 5.88 Å². The van der Waals surface area contributed by atoms with Gasteiger partial charge in [-0.2, -0.15) is 8.78 Å². The van der Waals surface area contributed by atoms with Crippen molar-refractivity contribution in [3.63, 3.8) is 0 Å². The number of carbonyl (C=O) groups is 3. The first-order valence-corrected chi connectivity index (χ1v) is 16.1. The summed E-state index contributed by atoms with van der Waals surface area (Å²) in [4.78, 5) is 51.2. The maximum Gasteiger partial charge on any atom is 0.329 e. The molecule has 12 heteroatoms. The van der Waals surface area contributed by atoms with Crippen LogP contribution in [0.25, 0.3) is 11.0 Å². The van der Waals surface area contributed by atoms with Crippen LogP contribution in [0.5, 0.6) is 5.88 Å². The van der Waals surface area contributed by atoms with E-state index < -0.39 is 70.3 Å². The van der Waals surface area contributed by atoms with Gasteiger partial charge in [0.2, 0.25) is 11.8 Å². The van der Waals surface area contributed by atoms with Crippen LogP contribution in [0, 0.1) is 23.2 Å². The summed E-state index contributed by atoms with van der Waals surface area (Å²) < 4.78 is 49.4. The number of allylic oxidation sites excluding steroid dienone is 2. The number of carbonyl (C=O) groups excluding carboxylic acids is 3. The Balaban J connectivity index is 1.61. The molecule has 46 heavy (non-hydrogen) atoms. The van der Waals surface area contributed by atoms with Crippen LogP contribution in [0.4, 0.5) is 8.78 Å². The van der Waals surface area contributed by atoms with Crippen LogP contribution in [0.1, 0.15) is 79.8 Å². The van der Waals surface area contributed by atoms with E-state index in [0.717, 1.165) is 6.08 Å². The first-order chi connectivity index (χ1) is 21.3. The lowest BCUT2D eigenvalue weighted by Crippen LogP contribution is -2.50. The van der Waals surface area contributed by atoms with Crippen LogP contribution >= 0.6 is 11.6 Å². The summed E-state index contributed by atoms with van der Waals surface area (Å²) in [7, 11) is 0. The standard InChI is InChI=1S/C34H42ClF2N3O6/c1-18-25-17-40(27(18)31(43)46-33(5,6)7)30(42)21(32(2,3)4)16-26(41)44-24-14-19(24)10-8-9-13-34(36,37)28-29(45-25)39-23-15-20(35)11-12-22(23)38-28/h9,11-13,15,18-19,21,24-25,27H,8,10,14,16-17H2,1-7H3/b13-9+/t18-,19-,21-,24-,25+,27+/m1/s1. The molecule has 1 amide bonds. The number of amides is 1. The Hall–Kier alpha value is -3.34. The molecule has 9 nitrogen and oxygen atoms in total. The number of hydrogen-bond donors (Lipinski definition) is 0. The zero-order chi connectivity index (χ0) is 33.8. The van der Waals surface area contributed by atoms with Gasteiger partial charge < -0.3 is 19.1 Å². The van der Waals surface area contributed by atoms with Gasteiger partial charge in [-0.25, -0.2) is 14.8 Å². The van der Waals surface area contributed by atoms with Crippen LogP contribution in [-0.2, 0) is 29.8 Å². The fraction of sp³-hybridized carbons (Fsp3) is 0.618. The minimum Gasteiger partial charge on any atom is -0.471 e. The highest BCUT2D eigenvalue weighted by Gasteiger charge is 2.52. The maximum atomic E-state index is 15.9. The predicted octanol–water partition coefficient (Wildman–Crippen LogP) is 6.65. The number of esters is 2. The molecule has 3 aliphatic rings. The zero-order valence-electron chi connectivity index (χ0n) is 27.3. The third-order valence-corrected chi connectivity index (χ3v) is 9.02. The topological polar surface area (TPSA) is 108 Å². The van der Waals surface area contributed by atoms with Crippen molar-refractivity contribution < 1.29 is 37.4 Å². The van der Waals surface area contributed by atoms with E-state index in [1.165, 1.54) is 23.1 Å². The molecule has 1 saturated heterocycles. The number of hydrogen-bond acceptors (Lipinski definition) is 8. The molecule has 2 aliphatic heterocycles. The average molecular weight is 662 g/mol. The van der Waals surface area contributed by atoms with Gasteiger partial charge in [0.05, 0.1) is 29.9 Å². The molecule has 6 atom stereocenters. The molecular formula is C34H42ClF2N3O6. The van der Waals surface area contributed by atoms with E-state index in [0.29, 0.717) is 24.3 Å². The lowest BCUT2D eigenvalue weighted by molar-refractivity contribution is -0.166. The monoisotopic (exact) mass is 661 g/mol. The Morgan fingerprint density at radius 1 is 1.07 bits per heavy atom. The van der Waals surface area contributed by atoms with E-state index in [1.54, 1.807) is 33.8 Å². The number of nitrogens with zero attached hydrogens (tertiary/aromatic N) is 3. The highest BCUT2D eigenvalue weighted by atomic mass is 35.5. The van der Waals surface area contributed by atoms with Gasteiger partial charge in [-0.1, -0.05) is 45.4 Å². The van der Waals surface area contributed by atoms with Crippen molar-refractivity contribution in [2.75, 3.05) is 6.54 Å². The van der Waals surface area contributed by atoms with Crippen LogP contribution in [0.2, 0.25) is 5.02 Å². The van der Waals surface area contributed by atoms with Crippen LogP contribution < -0.4 is 4.74 Å². The number of fused-ring (bicyclic) bond motifs is 5. The first kappa shape index (κ1) is 34.0. The summed E-state index contributed by atoms with van der Waals surface area (Å²) >= 11 is 6.18. The molecule has 1 aliphatic carbocycles. The van der Waals surface area contributed by atoms with E-state index in [9.17, 15) is 14.4 Å². The molecule has 1 aromatic heterocycles. The van der Waals surface area contributed by atoms with Crippen molar-refractivity contribution in [1.29, 1.82) is 0 Å². The lowest BCUT2D eigenvalue weighted by atomic mass is 9.77. The minimum absolute atomic E-state index is 0.0470. The normalized spacial score (nSPS) is 29.5. The van der Waals surface area contributed by atoms with Gasteiger partial charge >= 0.3 is 17.9 Å². The number of halogens is 3. The Labute approximate surface area is 273 Å². The Bertz CT molecular complexity index is 1550. The van der Waals surface area contributed by atoms with Crippen LogP contribution in [0.15, 0.2) is 30.4 Å². The van der Waals surface area contributed by atoms with Crippen molar-refractivity contribution >= 4 is 40.5 Å². The van der Waals surface area contributed by atoms with Gasteiger partial charge in [0, 0.05) is 10.9 Å². The summed E-state index contributed by atoms with van der Waals surface area (Å²) in [5.74, 6) is -7.08. The average Bonchev–Trinajstić information content (AvgIpc) is 3.58. The largest absolute Gasteiger partial charge is 0.471 e. The highest BCUT2D eigenvalue weighted by molar-refractivity contribution is 6.31. The molecule has 0 N–H and O–H groups in total. The fourth-order valence-corrected chi connectivity index (χ4v) is 6.29. The number of alkyl halides is 2. The maximum absolute atomic E-state index is 15.9. The predicted molar refractivity (Wildman–Crippen MR) is 167 cm³/mol. The second-order valence-electron chi connectivity index (χ2n) is 14.7. The quantitative estimate of drug-likeness (QED) is 0.247. The summed E-state index contributed by atoms with van der Waals surface area (Å²) in [5, 5.41) is 0.342. The Kier molecular flexibility index (Phi) is 9.13. The third kappa shape index (κ3) is 7.45. The van der Waals surface area contributed by atoms with Crippen LogP contribution in [0.3, 0.4) is 0 Å². The number of benzene rings is 1.